The number of Topliss-reactive ketones (excluding diaryl/α,β-unsaturated/α-hetero) is 2. The van der Waals surface area contributed by atoms with E-state index in [1.54, 1.807) is 0 Å². The third-order valence-electron chi connectivity index (χ3n) is 2.40. The number of ketones is 2. The molecule has 3 nitrogen and oxygen atoms in total. The first-order valence-electron chi connectivity index (χ1n) is 4.34. The molecule has 1 saturated carbocycles. The average Bonchev–Trinajstić information content (AvgIpc) is 2.04. The summed E-state index contributed by atoms with van der Waals surface area (Å²) in [6.45, 7) is 1.33. The van der Waals surface area contributed by atoms with Crippen LogP contribution in [-0.4, -0.2) is 22.8 Å². The molecule has 1 aliphatic rings. The van der Waals surface area contributed by atoms with Gasteiger partial charge < -0.3 is 5.11 Å². The van der Waals surface area contributed by atoms with Crippen molar-refractivity contribution in [2.45, 2.75) is 38.7 Å². The molecular weight excluding hydrogens is 156 g/mol. The quantitative estimate of drug-likeness (QED) is 0.663. The summed E-state index contributed by atoms with van der Waals surface area (Å²) in [6, 6.07) is 0. The molecule has 1 N–H and O–H groups in total. The van der Waals surface area contributed by atoms with Crippen molar-refractivity contribution in [3.63, 3.8) is 0 Å². The number of hydrogen-bond donors (Lipinski definition) is 1. The van der Waals surface area contributed by atoms with Crippen LogP contribution in [0.4, 0.5) is 0 Å². The summed E-state index contributed by atoms with van der Waals surface area (Å²) < 4.78 is 0. The van der Waals surface area contributed by atoms with Crippen molar-refractivity contribution in [3.8, 4) is 0 Å². The van der Waals surface area contributed by atoms with Crippen LogP contribution in [0.15, 0.2) is 0 Å². The Kier molecular flexibility index (Phi) is 2.98. The lowest BCUT2D eigenvalue weighted by atomic mass is 9.83. The van der Waals surface area contributed by atoms with Gasteiger partial charge in [-0.2, -0.15) is 0 Å². The van der Waals surface area contributed by atoms with E-state index >= 15 is 0 Å². The highest BCUT2D eigenvalue weighted by molar-refractivity contribution is 5.90. The minimum atomic E-state index is -1.06. The molecule has 0 aliphatic heterocycles. The Morgan fingerprint density at radius 2 is 2.25 bits per heavy atom. The predicted octanol–water partition coefficient (Wildman–Crippen LogP) is 0.696. The van der Waals surface area contributed by atoms with Crippen LogP contribution in [0.1, 0.15) is 32.6 Å². The molecular formula is C9H14O3. The molecule has 1 aliphatic carbocycles. The van der Waals surface area contributed by atoms with Gasteiger partial charge in [0.25, 0.3) is 0 Å². The smallest absolute Gasteiger partial charge is 0.158 e. The van der Waals surface area contributed by atoms with Gasteiger partial charge >= 0.3 is 0 Å². The number of rotatable bonds is 2. The highest BCUT2D eigenvalue weighted by Crippen LogP contribution is 2.23. The van der Waals surface area contributed by atoms with Gasteiger partial charge in [0, 0.05) is 6.42 Å². The van der Waals surface area contributed by atoms with Gasteiger partial charge in [0.15, 0.2) is 5.78 Å². The predicted molar refractivity (Wildman–Crippen MR) is 43.7 cm³/mol. The average molecular weight is 170 g/mol. The zero-order valence-electron chi connectivity index (χ0n) is 7.25. The summed E-state index contributed by atoms with van der Waals surface area (Å²) in [6.07, 6.45) is 1.98. The van der Waals surface area contributed by atoms with Crippen molar-refractivity contribution in [2.24, 2.45) is 5.92 Å². The molecule has 0 spiro atoms. The largest absolute Gasteiger partial charge is 0.385 e. The summed E-state index contributed by atoms with van der Waals surface area (Å²) in [5.41, 5.74) is 0. The van der Waals surface area contributed by atoms with E-state index < -0.39 is 12.0 Å². The summed E-state index contributed by atoms with van der Waals surface area (Å²) in [7, 11) is 0. The van der Waals surface area contributed by atoms with E-state index in [0.717, 1.165) is 12.8 Å². The van der Waals surface area contributed by atoms with Crippen molar-refractivity contribution in [3.05, 3.63) is 0 Å². The summed E-state index contributed by atoms with van der Waals surface area (Å²) in [4.78, 5) is 22.0. The summed E-state index contributed by atoms with van der Waals surface area (Å²) >= 11 is 0. The Balaban J connectivity index is 2.59. The Hall–Kier alpha value is -0.700. The van der Waals surface area contributed by atoms with Crippen molar-refractivity contribution in [1.29, 1.82) is 0 Å². The van der Waals surface area contributed by atoms with Gasteiger partial charge in [0.2, 0.25) is 0 Å². The molecule has 1 rings (SSSR count). The van der Waals surface area contributed by atoms with Crippen LogP contribution in [0.5, 0.6) is 0 Å². The molecule has 0 saturated heterocycles. The molecule has 0 amide bonds. The first kappa shape index (κ1) is 9.39. The van der Waals surface area contributed by atoms with E-state index in [4.69, 9.17) is 0 Å². The normalized spacial score (nSPS) is 26.8. The molecule has 0 radical (unpaired) electrons. The van der Waals surface area contributed by atoms with Gasteiger partial charge in [-0.05, 0) is 19.8 Å². The van der Waals surface area contributed by atoms with E-state index in [0.29, 0.717) is 12.8 Å². The lowest BCUT2D eigenvalue weighted by molar-refractivity contribution is -0.137. The van der Waals surface area contributed by atoms with Crippen molar-refractivity contribution in [1.82, 2.24) is 0 Å². The minimum Gasteiger partial charge on any atom is -0.385 e. The van der Waals surface area contributed by atoms with Gasteiger partial charge in [-0.25, -0.2) is 0 Å². The number of aliphatic hydroxyl groups is 1. The van der Waals surface area contributed by atoms with E-state index in [1.165, 1.54) is 6.92 Å². The fraction of sp³-hybridized carbons (Fsp3) is 0.778. The van der Waals surface area contributed by atoms with Gasteiger partial charge in [-0.3, -0.25) is 9.59 Å². The highest BCUT2D eigenvalue weighted by atomic mass is 16.3. The summed E-state index contributed by atoms with van der Waals surface area (Å²) in [5, 5.41) is 9.35. The number of carbonyl (C=O) groups excluding carboxylic acids is 2. The molecule has 1 fully saturated rings. The standard InChI is InChI=1S/C9H14O3/c1-6(10)9(12)7-4-2-3-5-8(7)11/h7,9,12H,2-5H2,1H3/t7-,9+/m1/s1. The second-order valence-corrected chi connectivity index (χ2v) is 3.37. The monoisotopic (exact) mass is 170 g/mol. The van der Waals surface area contributed by atoms with Gasteiger partial charge in [-0.15, -0.1) is 0 Å². The third kappa shape index (κ3) is 1.91. The molecule has 0 unspecified atom stereocenters. The van der Waals surface area contributed by atoms with Crippen molar-refractivity contribution in [2.75, 3.05) is 0 Å². The maximum absolute atomic E-state index is 11.2. The van der Waals surface area contributed by atoms with Crippen LogP contribution in [-0.2, 0) is 9.59 Å². The molecule has 0 aromatic rings. The van der Waals surface area contributed by atoms with Gasteiger partial charge in [0.05, 0.1) is 5.92 Å². The molecule has 0 bridgehead atoms. The number of carbonyl (C=O) groups is 2. The topological polar surface area (TPSA) is 54.4 Å². The van der Waals surface area contributed by atoms with Crippen LogP contribution in [0.2, 0.25) is 0 Å². The maximum atomic E-state index is 11.2. The zero-order chi connectivity index (χ0) is 9.14. The van der Waals surface area contributed by atoms with Crippen LogP contribution in [0.3, 0.4) is 0 Å². The number of aliphatic hydroxyl groups excluding tert-OH is 1. The SMILES string of the molecule is CC(=O)[C@H](O)[C@@H]1CCCCC1=O. The molecule has 0 aromatic carbocycles. The van der Waals surface area contributed by atoms with Crippen LogP contribution in [0.25, 0.3) is 0 Å². The van der Waals surface area contributed by atoms with Gasteiger partial charge in [0.1, 0.15) is 11.9 Å². The lowest BCUT2D eigenvalue weighted by Crippen LogP contribution is -2.35. The lowest BCUT2D eigenvalue weighted by Gasteiger charge is -2.23. The molecule has 0 aromatic heterocycles. The Morgan fingerprint density at radius 1 is 1.58 bits per heavy atom. The highest BCUT2D eigenvalue weighted by Gasteiger charge is 2.31. The second kappa shape index (κ2) is 3.81. The molecule has 2 atom stereocenters. The van der Waals surface area contributed by atoms with E-state index in [2.05, 4.69) is 0 Å². The second-order valence-electron chi connectivity index (χ2n) is 3.37. The Bertz CT molecular complexity index is 198. The van der Waals surface area contributed by atoms with Crippen molar-refractivity contribution < 1.29 is 14.7 Å². The zero-order valence-corrected chi connectivity index (χ0v) is 7.25. The summed E-state index contributed by atoms with van der Waals surface area (Å²) in [5.74, 6) is -0.671. The fourth-order valence-electron chi connectivity index (χ4n) is 1.63. The number of hydrogen-bond acceptors (Lipinski definition) is 3. The molecule has 0 heterocycles. The Morgan fingerprint density at radius 3 is 2.75 bits per heavy atom. The van der Waals surface area contributed by atoms with Crippen LogP contribution < -0.4 is 0 Å². The Labute approximate surface area is 71.8 Å². The van der Waals surface area contributed by atoms with E-state index in [-0.39, 0.29) is 11.6 Å². The van der Waals surface area contributed by atoms with Crippen molar-refractivity contribution >= 4 is 11.6 Å². The minimum absolute atomic E-state index is 0.0453. The fourth-order valence-corrected chi connectivity index (χ4v) is 1.63. The van der Waals surface area contributed by atoms with Crippen LogP contribution >= 0.6 is 0 Å². The van der Waals surface area contributed by atoms with E-state index in [9.17, 15) is 14.7 Å². The third-order valence-corrected chi connectivity index (χ3v) is 2.40. The van der Waals surface area contributed by atoms with E-state index in [1.807, 2.05) is 0 Å². The first-order valence-corrected chi connectivity index (χ1v) is 4.34. The molecule has 3 heteroatoms. The maximum Gasteiger partial charge on any atom is 0.158 e. The molecule has 68 valence electrons. The molecule has 12 heavy (non-hydrogen) atoms. The van der Waals surface area contributed by atoms with Gasteiger partial charge in [-0.1, -0.05) is 6.42 Å². The van der Waals surface area contributed by atoms with Crippen LogP contribution in [0, 0.1) is 5.92 Å². The first-order chi connectivity index (χ1) is 5.63.